The number of anilines is 1. The molecule has 0 fully saturated rings. The van der Waals surface area contributed by atoms with Gasteiger partial charge in [0.2, 0.25) is 0 Å². The third-order valence-corrected chi connectivity index (χ3v) is 3.17. The number of nitrogens with zero attached hydrogens (tertiary/aromatic N) is 1. The molecule has 0 aliphatic rings. The Morgan fingerprint density at radius 2 is 2.18 bits per heavy atom. The number of halogens is 1. The average molecular weight is 344 g/mol. The zero-order valence-electron chi connectivity index (χ0n) is 10.2. The van der Waals surface area contributed by atoms with Crippen LogP contribution >= 0.6 is 22.6 Å². The first-order chi connectivity index (χ1) is 8.04. The van der Waals surface area contributed by atoms with Crippen LogP contribution in [0.25, 0.3) is 0 Å². The van der Waals surface area contributed by atoms with Gasteiger partial charge in [0, 0.05) is 0 Å². The Hall–Kier alpha value is -0.960. The molecule has 1 aromatic carbocycles. The van der Waals surface area contributed by atoms with Crippen LogP contribution in [-0.2, 0) is 0 Å². The number of nitrogens with two attached hydrogens (primary N) is 1. The molecule has 0 amide bonds. The van der Waals surface area contributed by atoms with Gasteiger partial charge in [0.15, 0.2) is 5.75 Å². The molecule has 3 nitrogen and oxygen atoms in total. The summed E-state index contributed by atoms with van der Waals surface area (Å²) in [7, 11) is 0. The fraction of sp³-hybridized carbons (Fsp3) is 0.462. The van der Waals surface area contributed by atoms with Gasteiger partial charge in [-0.15, -0.1) is 0 Å². The second-order valence-corrected chi connectivity index (χ2v) is 5.53. The lowest BCUT2D eigenvalue weighted by Crippen LogP contribution is -2.04. The molecule has 2 N–H and O–H groups in total. The molecule has 0 saturated heterocycles. The number of hydrogen-bond donors (Lipinski definition) is 1. The molecule has 0 unspecified atom stereocenters. The highest BCUT2D eigenvalue weighted by Gasteiger charge is 2.08. The third-order valence-electron chi connectivity index (χ3n) is 2.37. The minimum atomic E-state index is 0.540. The molecule has 1 rings (SSSR count). The van der Waals surface area contributed by atoms with E-state index in [1.165, 1.54) is 0 Å². The Bertz CT molecular complexity index is 401. The molecule has 4 heteroatoms. The maximum Gasteiger partial charge on any atom is 0.155 e. The Kier molecular flexibility index (Phi) is 5.56. The second kappa shape index (κ2) is 6.70. The first kappa shape index (κ1) is 14.1. The van der Waals surface area contributed by atoms with E-state index in [0.717, 1.165) is 16.4 Å². The van der Waals surface area contributed by atoms with E-state index in [1.54, 1.807) is 12.1 Å². The minimum absolute atomic E-state index is 0.540. The van der Waals surface area contributed by atoms with Gasteiger partial charge in [-0.1, -0.05) is 13.8 Å². The van der Waals surface area contributed by atoms with Gasteiger partial charge in [0.05, 0.1) is 27.5 Å². The molecule has 0 aromatic heterocycles. The largest absolute Gasteiger partial charge is 0.490 e. The van der Waals surface area contributed by atoms with Crippen molar-refractivity contribution in [3.8, 4) is 11.8 Å². The quantitative estimate of drug-likeness (QED) is 0.505. The molecular formula is C13H17IN2O. The molecule has 0 heterocycles. The van der Waals surface area contributed by atoms with Crippen molar-refractivity contribution in [2.75, 3.05) is 12.3 Å². The Morgan fingerprint density at radius 3 is 2.71 bits per heavy atom. The summed E-state index contributed by atoms with van der Waals surface area (Å²) in [4.78, 5) is 0. The first-order valence-corrected chi connectivity index (χ1v) is 6.74. The van der Waals surface area contributed by atoms with Crippen molar-refractivity contribution < 1.29 is 4.74 Å². The van der Waals surface area contributed by atoms with Gasteiger partial charge in [-0.05, 0) is 53.5 Å². The van der Waals surface area contributed by atoms with Crippen molar-refractivity contribution in [1.82, 2.24) is 0 Å². The molecule has 1 aromatic rings. The average Bonchev–Trinajstić information content (AvgIpc) is 2.26. The minimum Gasteiger partial charge on any atom is -0.490 e. The van der Waals surface area contributed by atoms with Crippen molar-refractivity contribution in [3.63, 3.8) is 0 Å². The number of hydrogen-bond acceptors (Lipinski definition) is 3. The van der Waals surface area contributed by atoms with Crippen LogP contribution in [0, 0.1) is 20.8 Å². The lowest BCUT2D eigenvalue weighted by molar-refractivity contribution is 0.297. The molecule has 17 heavy (non-hydrogen) atoms. The molecule has 0 aliphatic carbocycles. The first-order valence-electron chi connectivity index (χ1n) is 5.66. The molecule has 0 radical (unpaired) electrons. The normalized spacial score (nSPS) is 10.3. The highest BCUT2D eigenvalue weighted by Crippen LogP contribution is 2.29. The number of benzene rings is 1. The zero-order valence-corrected chi connectivity index (χ0v) is 12.3. The van der Waals surface area contributed by atoms with Crippen LogP contribution in [-0.4, -0.2) is 6.61 Å². The Morgan fingerprint density at radius 1 is 1.47 bits per heavy atom. The van der Waals surface area contributed by atoms with Gasteiger partial charge >= 0.3 is 0 Å². The molecule has 0 atom stereocenters. The van der Waals surface area contributed by atoms with Crippen LogP contribution in [0.2, 0.25) is 0 Å². The number of nitriles is 1. The molecular weight excluding hydrogens is 327 g/mol. The number of ether oxygens (including phenoxy) is 1. The summed E-state index contributed by atoms with van der Waals surface area (Å²) in [6.07, 6.45) is 2.17. The molecule has 0 saturated carbocycles. The van der Waals surface area contributed by atoms with Gasteiger partial charge in [-0.2, -0.15) is 5.26 Å². The third kappa shape index (κ3) is 4.43. The van der Waals surface area contributed by atoms with E-state index in [0.29, 0.717) is 29.5 Å². The summed E-state index contributed by atoms with van der Waals surface area (Å²) in [5.41, 5.74) is 6.97. The van der Waals surface area contributed by atoms with Crippen LogP contribution in [0.1, 0.15) is 32.3 Å². The molecule has 92 valence electrons. The van der Waals surface area contributed by atoms with E-state index in [1.807, 2.05) is 0 Å². The topological polar surface area (TPSA) is 59.0 Å². The van der Waals surface area contributed by atoms with E-state index in [9.17, 15) is 0 Å². The van der Waals surface area contributed by atoms with E-state index < -0.39 is 0 Å². The monoisotopic (exact) mass is 344 g/mol. The second-order valence-electron chi connectivity index (χ2n) is 4.37. The van der Waals surface area contributed by atoms with Crippen molar-refractivity contribution in [2.24, 2.45) is 5.92 Å². The summed E-state index contributed by atoms with van der Waals surface area (Å²) in [6.45, 7) is 5.06. The summed E-state index contributed by atoms with van der Waals surface area (Å²) < 4.78 is 6.57. The zero-order chi connectivity index (χ0) is 12.8. The molecule has 0 bridgehead atoms. The predicted molar refractivity (Wildman–Crippen MR) is 77.9 cm³/mol. The maximum absolute atomic E-state index is 8.80. The molecule has 0 spiro atoms. The van der Waals surface area contributed by atoms with E-state index in [2.05, 4.69) is 42.5 Å². The van der Waals surface area contributed by atoms with E-state index >= 15 is 0 Å². The number of rotatable bonds is 5. The smallest absolute Gasteiger partial charge is 0.155 e. The van der Waals surface area contributed by atoms with Gasteiger partial charge in [-0.3, -0.25) is 0 Å². The summed E-state index contributed by atoms with van der Waals surface area (Å²) in [5, 5.41) is 8.80. The van der Waals surface area contributed by atoms with Crippen LogP contribution in [0.3, 0.4) is 0 Å². The van der Waals surface area contributed by atoms with Crippen molar-refractivity contribution in [3.05, 3.63) is 21.3 Å². The Balaban J connectivity index is 2.63. The van der Waals surface area contributed by atoms with Crippen LogP contribution in [0.15, 0.2) is 12.1 Å². The fourth-order valence-electron chi connectivity index (χ4n) is 1.50. The summed E-state index contributed by atoms with van der Waals surface area (Å²) in [5.74, 6) is 1.39. The van der Waals surface area contributed by atoms with Crippen molar-refractivity contribution >= 4 is 28.3 Å². The van der Waals surface area contributed by atoms with Gasteiger partial charge in [0.25, 0.3) is 0 Å². The van der Waals surface area contributed by atoms with Gasteiger partial charge < -0.3 is 10.5 Å². The van der Waals surface area contributed by atoms with Crippen molar-refractivity contribution in [2.45, 2.75) is 26.7 Å². The van der Waals surface area contributed by atoms with Crippen molar-refractivity contribution in [1.29, 1.82) is 5.26 Å². The summed E-state index contributed by atoms with van der Waals surface area (Å²) >= 11 is 2.14. The van der Waals surface area contributed by atoms with Crippen LogP contribution in [0.4, 0.5) is 5.69 Å². The SMILES string of the molecule is CC(C)CCCOc1c(N)cc(C#N)cc1I. The van der Waals surface area contributed by atoms with E-state index in [-0.39, 0.29) is 0 Å². The highest BCUT2D eigenvalue weighted by atomic mass is 127. The highest BCUT2D eigenvalue weighted by molar-refractivity contribution is 14.1. The van der Waals surface area contributed by atoms with Gasteiger partial charge in [-0.25, -0.2) is 0 Å². The predicted octanol–water partition coefficient (Wildman–Crippen LogP) is 3.56. The van der Waals surface area contributed by atoms with Gasteiger partial charge in [0.1, 0.15) is 0 Å². The van der Waals surface area contributed by atoms with E-state index in [4.69, 9.17) is 15.7 Å². The lowest BCUT2D eigenvalue weighted by Gasteiger charge is -2.12. The number of nitrogen functional groups attached to an aromatic ring is 1. The standard InChI is InChI=1S/C13H17IN2O/c1-9(2)4-3-5-17-13-11(14)6-10(8-15)7-12(13)16/h6-7,9H,3-5,16H2,1-2H3. The van der Waals surface area contributed by atoms with Crippen LogP contribution < -0.4 is 10.5 Å². The Labute approximate surface area is 116 Å². The lowest BCUT2D eigenvalue weighted by atomic mass is 10.1. The van der Waals surface area contributed by atoms with Crippen LogP contribution in [0.5, 0.6) is 5.75 Å². The molecule has 0 aliphatic heterocycles. The maximum atomic E-state index is 8.80. The summed E-state index contributed by atoms with van der Waals surface area (Å²) in [6, 6.07) is 5.52. The fourth-order valence-corrected chi connectivity index (χ4v) is 2.30.